The van der Waals surface area contributed by atoms with Crippen molar-refractivity contribution in [1.82, 2.24) is 10.2 Å². The van der Waals surface area contributed by atoms with Gasteiger partial charge in [-0.3, -0.25) is 10.1 Å². The van der Waals surface area contributed by atoms with Gasteiger partial charge in [-0.15, -0.1) is 6.42 Å². The molecule has 70 valence electrons. The molecule has 1 rings (SSSR count). The van der Waals surface area contributed by atoms with Crippen molar-refractivity contribution in [3.63, 3.8) is 0 Å². The van der Waals surface area contributed by atoms with Crippen LogP contribution in [0.15, 0.2) is 0 Å². The molecular weight excluding hydrogens is 168 g/mol. The molecule has 0 aromatic heterocycles. The van der Waals surface area contributed by atoms with Crippen molar-refractivity contribution in [2.75, 3.05) is 6.54 Å². The molecule has 13 heavy (non-hydrogen) atoms. The molecule has 0 atom stereocenters. The minimum absolute atomic E-state index is 0.242. The van der Waals surface area contributed by atoms with Crippen LogP contribution in [0, 0.1) is 12.3 Å². The fourth-order valence-electron chi connectivity index (χ4n) is 1.18. The highest BCUT2D eigenvalue weighted by Crippen LogP contribution is 2.15. The lowest BCUT2D eigenvalue weighted by molar-refractivity contribution is -0.121. The Morgan fingerprint density at radius 2 is 2.15 bits per heavy atom. The molecule has 3 amide bonds. The van der Waals surface area contributed by atoms with Crippen molar-refractivity contribution in [1.29, 1.82) is 0 Å². The van der Waals surface area contributed by atoms with E-state index in [1.54, 1.807) is 13.8 Å². The van der Waals surface area contributed by atoms with E-state index in [1.807, 2.05) is 0 Å². The molecule has 1 aliphatic rings. The average molecular weight is 180 g/mol. The number of terminal acetylenes is 1. The number of amides is 3. The first-order chi connectivity index (χ1) is 5.97. The van der Waals surface area contributed by atoms with Crippen molar-refractivity contribution in [3.8, 4) is 12.3 Å². The van der Waals surface area contributed by atoms with Crippen LogP contribution in [0.25, 0.3) is 0 Å². The summed E-state index contributed by atoms with van der Waals surface area (Å²) in [6.07, 6.45) is 5.59. The second-order valence-electron chi connectivity index (χ2n) is 3.46. The van der Waals surface area contributed by atoms with Gasteiger partial charge in [0.15, 0.2) is 0 Å². The van der Waals surface area contributed by atoms with Crippen LogP contribution in [0.4, 0.5) is 4.79 Å². The van der Waals surface area contributed by atoms with Crippen molar-refractivity contribution in [3.05, 3.63) is 0 Å². The normalized spacial score (nSPS) is 18.1. The van der Waals surface area contributed by atoms with Crippen molar-refractivity contribution < 1.29 is 9.59 Å². The fraction of sp³-hybridized carbons (Fsp3) is 0.556. The molecule has 1 fully saturated rings. The maximum Gasteiger partial charge on any atom is 0.325 e. The number of hydrogen-bond acceptors (Lipinski definition) is 2. The molecule has 1 aliphatic heterocycles. The molecule has 1 saturated heterocycles. The highest BCUT2D eigenvalue weighted by Gasteiger charge is 2.33. The van der Waals surface area contributed by atoms with Gasteiger partial charge in [-0.2, -0.15) is 0 Å². The van der Waals surface area contributed by atoms with Gasteiger partial charge in [0, 0.05) is 13.0 Å². The Labute approximate surface area is 77.3 Å². The van der Waals surface area contributed by atoms with Crippen LogP contribution in [0.3, 0.4) is 0 Å². The van der Waals surface area contributed by atoms with Crippen molar-refractivity contribution in [2.24, 2.45) is 0 Å². The minimum Gasteiger partial charge on any atom is -0.308 e. The molecule has 0 unspecified atom stereocenters. The third-order valence-corrected chi connectivity index (χ3v) is 2.08. The van der Waals surface area contributed by atoms with Crippen LogP contribution < -0.4 is 5.32 Å². The molecule has 4 nitrogen and oxygen atoms in total. The van der Waals surface area contributed by atoms with E-state index in [0.717, 1.165) is 0 Å². The van der Waals surface area contributed by atoms with Gasteiger partial charge in [0.2, 0.25) is 5.91 Å². The van der Waals surface area contributed by atoms with Crippen LogP contribution in [0.1, 0.15) is 20.3 Å². The van der Waals surface area contributed by atoms with Gasteiger partial charge < -0.3 is 4.90 Å². The fourth-order valence-corrected chi connectivity index (χ4v) is 1.18. The highest BCUT2D eigenvalue weighted by atomic mass is 16.2. The first kappa shape index (κ1) is 9.59. The van der Waals surface area contributed by atoms with Crippen molar-refractivity contribution in [2.45, 2.75) is 25.8 Å². The number of nitrogens with zero attached hydrogens (tertiary/aromatic N) is 1. The zero-order chi connectivity index (χ0) is 10.1. The number of carbonyl (C=O) groups excluding carboxylic acids is 2. The predicted molar refractivity (Wildman–Crippen MR) is 47.8 cm³/mol. The average Bonchev–Trinajstić information content (AvgIpc) is 2.03. The Kier molecular flexibility index (Phi) is 2.28. The van der Waals surface area contributed by atoms with E-state index in [-0.39, 0.29) is 5.91 Å². The Bertz CT molecular complexity index is 288. The predicted octanol–water partition coefficient (Wildman–Crippen LogP) is 0.340. The van der Waals surface area contributed by atoms with Gasteiger partial charge in [0.25, 0.3) is 0 Å². The summed E-state index contributed by atoms with van der Waals surface area (Å²) in [7, 11) is 0. The van der Waals surface area contributed by atoms with Gasteiger partial charge >= 0.3 is 6.03 Å². The van der Waals surface area contributed by atoms with E-state index < -0.39 is 11.6 Å². The van der Waals surface area contributed by atoms with Crippen molar-refractivity contribution >= 4 is 11.9 Å². The summed E-state index contributed by atoms with van der Waals surface area (Å²) in [6.45, 7) is 3.92. The van der Waals surface area contributed by atoms with Crippen LogP contribution in [0.2, 0.25) is 0 Å². The maximum absolute atomic E-state index is 11.3. The van der Waals surface area contributed by atoms with Crippen LogP contribution >= 0.6 is 0 Å². The second kappa shape index (κ2) is 3.09. The number of imide groups is 1. The van der Waals surface area contributed by atoms with E-state index in [0.29, 0.717) is 13.0 Å². The van der Waals surface area contributed by atoms with E-state index in [2.05, 4.69) is 11.2 Å². The molecule has 1 heterocycles. The van der Waals surface area contributed by atoms with E-state index >= 15 is 0 Å². The lowest BCUT2D eigenvalue weighted by atomic mass is 10.0. The molecule has 0 aliphatic carbocycles. The number of hydrogen-bond donors (Lipinski definition) is 1. The summed E-state index contributed by atoms with van der Waals surface area (Å²) in [6, 6.07) is -0.404. The summed E-state index contributed by atoms with van der Waals surface area (Å²) >= 11 is 0. The molecule has 1 N–H and O–H groups in total. The SMILES string of the molecule is C#CC(C)(C)N1CCC(=O)NC1=O. The molecule has 4 heteroatoms. The first-order valence-electron chi connectivity index (χ1n) is 4.06. The topological polar surface area (TPSA) is 49.4 Å². The summed E-state index contributed by atoms with van der Waals surface area (Å²) in [5.41, 5.74) is -0.634. The lowest BCUT2D eigenvalue weighted by Gasteiger charge is -2.36. The Balaban J connectivity index is 2.79. The number of carbonyl (C=O) groups is 2. The summed E-state index contributed by atoms with van der Waals surface area (Å²) in [5.74, 6) is 2.27. The zero-order valence-corrected chi connectivity index (χ0v) is 7.76. The summed E-state index contributed by atoms with van der Waals surface area (Å²) in [5, 5.41) is 2.22. The summed E-state index contributed by atoms with van der Waals surface area (Å²) < 4.78 is 0. The molecule has 0 saturated carbocycles. The quantitative estimate of drug-likeness (QED) is 0.591. The largest absolute Gasteiger partial charge is 0.325 e. The third kappa shape index (κ3) is 1.81. The lowest BCUT2D eigenvalue weighted by Crippen LogP contribution is -2.57. The molecule has 0 aromatic rings. The maximum atomic E-state index is 11.3. The van der Waals surface area contributed by atoms with Gasteiger partial charge in [-0.25, -0.2) is 4.79 Å². The Hall–Kier alpha value is -1.50. The van der Waals surface area contributed by atoms with Crippen LogP contribution in [0.5, 0.6) is 0 Å². The third-order valence-electron chi connectivity index (χ3n) is 2.08. The van der Waals surface area contributed by atoms with Gasteiger partial charge in [0.05, 0.1) is 5.54 Å². The monoisotopic (exact) mass is 180 g/mol. The standard InChI is InChI=1S/C9H12N2O2/c1-4-9(2,3)11-6-5-7(12)10-8(11)13/h1H,5-6H2,2-3H3,(H,10,12,13). The highest BCUT2D eigenvalue weighted by molar-refractivity contribution is 5.97. The Morgan fingerprint density at radius 1 is 1.54 bits per heavy atom. The Morgan fingerprint density at radius 3 is 2.62 bits per heavy atom. The minimum atomic E-state index is -0.634. The molecule has 0 bridgehead atoms. The first-order valence-corrected chi connectivity index (χ1v) is 4.06. The molecule has 0 aromatic carbocycles. The molecule has 0 radical (unpaired) electrons. The van der Waals surface area contributed by atoms with Gasteiger partial charge in [-0.1, -0.05) is 5.92 Å². The number of urea groups is 1. The summed E-state index contributed by atoms with van der Waals surface area (Å²) in [4.78, 5) is 23.6. The smallest absolute Gasteiger partial charge is 0.308 e. The second-order valence-corrected chi connectivity index (χ2v) is 3.46. The van der Waals surface area contributed by atoms with E-state index in [9.17, 15) is 9.59 Å². The zero-order valence-electron chi connectivity index (χ0n) is 7.76. The molecular formula is C9H12N2O2. The number of rotatable bonds is 1. The van der Waals surface area contributed by atoms with Crippen LogP contribution in [-0.4, -0.2) is 28.9 Å². The van der Waals surface area contributed by atoms with Crippen LogP contribution in [-0.2, 0) is 4.79 Å². The molecule has 0 spiro atoms. The van der Waals surface area contributed by atoms with Gasteiger partial charge in [0.1, 0.15) is 0 Å². The number of nitrogens with one attached hydrogen (secondary N) is 1. The van der Waals surface area contributed by atoms with E-state index in [1.165, 1.54) is 4.90 Å². The van der Waals surface area contributed by atoms with E-state index in [4.69, 9.17) is 6.42 Å². The van der Waals surface area contributed by atoms with Gasteiger partial charge in [-0.05, 0) is 13.8 Å².